The van der Waals surface area contributed by atoms with E-state index in [1.807, 2.05) is 0 Å². The number of rotatable bonds is 26. The second-order valence-electron chi connectivity index (χ2n) is 15.9. The van der Waals surface area contributed by atoms with E-state index in [2.05, 4.69) is 16.0 Å². The summed E-state index contributed by atoms with van der Waals surface area (Å²) >= 11 is 0. The molecule has 35 heteroatoms. The number of aliphatic carboxylic acids is 4. The van der Waals surface area contributed by atoms with Crippen LogP contribution in [0.5, 0.6) is 0 Å². The van der Waals surface area contributed by atoms with Gasteiger partial charge < -0.3 is 75.5 Å². The highest BCUT2D eigenvalue weighted by Crippen LogP contribution is 2.59. The quantitative estimate of drug-likeness (QED) is 0.0392. The second-order valence-corrected chi connectivity index (χ2v) is 23.5. The summed E-state index contributed by atoms with van der Waals surface area (Å²) in [4.78, 5) is 165. The molecule has 1 fully saturated rings. The molecule has 1 aromatic carbocycles. The molecule has 0 bridgehead atoms. The van der Waals surface area contributed by atoms with Gasteiger partial charge in [0, 0.05) is 50.9 Å². The molecule has 0 spiro atoms. The summed E-state index contributed by atoms with van der Waals surface area (Å²) in [5.74, 6) is -9.91. The number of hydrogen-bond acceptors (Lipinski definition) is 16. The van der Waals surface area contributed by atoms with Crippen LogP contribution < -0.4 is 26.6 Å². The van der Waals surface area contributed by atoms with Crippen LogP contribution >= 0.6 is 30.4 Å². The van der Waals surface area contributed by atoms with Crippen molar-refractivity contribution in [2.75, 3.05) is 83.9 Å². The number of anilines is 1. The summed E-state index contributed by atoms with van der Waals surface area (Å²) in [6.45, 7) is -4.76. The zero-order valence-electron chi connectivity index (χ0n) is 36.5. The first-order valence-corrected chi connectivity index (χ1v) is 27.1. The maximum atomic E-state index is 13.6. The number of hydrogen-bond donors (Lipinski definition) is 17. The first-order chi connectivity index (χ1) is 31.7. The van der Waals surface area contributed by atoms with Crippen LogP contribution in [0.25, 0.3) is 0 Å². The molecule has 1 saturated heterocycles. The molecule has 0 radical (unpaired) electrons. The van der Waals surface area contributed by atoms with Gasteiger partial charge in [-0.1, -0.05) is 12.1 Å². The van der Waals surface area contributed by atoms with Crippen LogP contribution in [-0.2, 0) is 58.2 Å². The fourth-order valence-corrected chi connectivity index (χ4v) is 11.4. The van der Waals surface area contributed by atoms with Gasteiger partial charge in [-0.3, -0.25) is 77.2 Å². The monoisotopic (exact) mass is 1070 g/mol. The van der Waals surface area contributed by atoms with Gasteiger partial charge in [-0.15, -0.1) is 0 Å². The van der Waals surface area contributed by atoms with Crippen molar-refractivity contribution in [1.82, 2.24) is 36.0 Å². The highest BCUT2D eigenvalue weighted by Gasteiger charge is 2.44. The molecule has 392 valence electrons. The average Bonchev–Trinajstić information content (AvgIpc) is 3.17. The minimum atomic E-state index is -5.51. The van der Waals surface area contributed by atoms with E-state index in [9.17, 15) is 111 Å². The summed E-state index contributed by atoms with van der Waals surface area (Å²) in [5.41, 5.74) is -4.96. The van der Waals surface area contributed by atoms with Gasteiger partial charge in [0.25, 0.3) is 0 Å². The number of carbonyl (C=O) groups is 7. The molecule has 0 aliphatic carbocycles. The SMILES string of the molecule is O=C(O)CC1CCN(CC(=O)O)CCN(CC(=O)O)C(Cc2ccc(NC(=O)C(CNC(=O)CNC(P(=O)(O)O)P(=O)(O)O)CNC(=O)CNC(P(=O)(O)O)P(=O)(O)O)cc2)CN(CC(=O)O)CC1. The predicted molar refractivity (Wildman–Crippen MR) is 236 cm³/mol. The third-order valence-corrected chi connectivity index (χ3v) is 17.1. The molecule has 1 aliphatic rings. The smallest absolute Gasteiger partial charge is 0.354 e. The first-order valence-electron chi connectivity index (χ1n) is 20.4. The highest BCUT2D eigenvalue weighted by atomic mass is 31.2. The summed E-state index contributed by atoms with van der Waals surface area (Å²) < 4.78 is 46.4. The molecule has 69 heavy (non-hydrogen) atoms. The van der Waals surface area contributed by atoms with E-state index >= 15 is 0 Å². The number of carbonyl (C=O) groups excluding carboxylic acids is 3. The molecule has 17 N–H and O–H groups in total. The number of carboxylic acids is 4. The number of nitrogens with one attached hydrogen (secondary N) is 5. The Morgan fingerprint density at radius 2 is 1.01 bits per heavy atom. The van der Waals surface area contributed by atoms with Crippen molar-refractivity contribution < 1.29 is 111 Å². The van der Waals surface area contributed by atoms with E-state index in [0.717, 1.165) is 0 Å². The molecule has 1 heterocycles. The maximum absolute atomic E-state index is 13.6. The van der Waals surface area contributed by atoms with Crippen molar-refractivity contribution in [3.05, 3.63) is 29.8 Å². The zero-order valence-corrected chi connectivity index (χ0v) is 40.1. The Hall–Kier alpha value is -4.09. The third-order valence-electron chi connectivity index (χ3n) is 10.2. The predicted octanol–water partition coefficient (Wildman–Crippen LogP) is -4.11. The van der Waals surface area contributed by atoms with Crippen LogP contribution in [0.1, 0.15) is 24.8 Å². The lowest BCUT2D eigenvalue weighted by atomic mass is 9.96. The number of amides is 3. The molecule has 1 aliphatic heterocycles. The fourth-order valence-electron chi connectivity index (χ4n) is 6.99. The Morgan fingerprint density at radius 1 is 0.580 bits per heavy atom. The van der Waals surface area contributed by atoms with Crippen LogP contribution in [0.4, 0.5) is 5.69 Å². The Bertz CT molecular complexity index is 2040. The van der Waals surface area contributed by atoms with Gasteiger partial charge in [0.15, 0.2) is 0 Å². The normalized spacial score (nSPS) is 17.7. The van der Waals surface area contributed by atoms with E-state index < -0.39 is 147 Å². The molecular formula is C34H58N8O23P4. The highest BCUT2D eigenvalue weighted by molar-refractivity contribution is 7.71. The van der Waals surface area contributed by atoms with Gasteiger partial charge in [-0.05, 0) is 56.0 Å². The molecule has 1 aromatic rings. The molecule has 2 unspecified atom stereocenters. The van der Waals surface area contributed by atoms with Crippen molar-refractivity contribution in [3.8, 4) is 0 Å². The standard InChI is InChI=1S/C34H58N8O23P4/c43-26(15-37-33(66(54,55)56)67(57,58)59)35-13-23(14-36-27(44)16-38-34(68(60,61)62)69(63,64)65)32(53)39-24-3-1-21(2-4-24)11-25-17-41(19-30(49)50)8-6-22(12-28(45)46)5-7-40(18-29(47)48)9-10-42(25)20-31(51)52/h1-4,22-23,25,33-34,37-38H,5-20H2,(H,35,43)(H,36,44)(H,39,53)(H,45,46)(H,47,48)(H,49,50)(H,51,52)(H2,54,55,56)(H2,57,58,59)(H2,60,61,62)(H2,63,64,65). The van der Waals surface area contributed by atoms with Crippen LogP contribution in [0, 0.1) is 11.8 Å². The topological polar surface area (TPSA) is 500 Å². The van der Waals surface area contributed by atoms with E-state index in [-0.39, 0.29) is 64.1 Å². The van der Waals surface area contributed by atoms with Crippen molar-refractivity contribution in [2.45, 2.75) is 42.8 Å². The Labute approximate surface area is 392 Å². The Morgan fingerprint density at radius 3 is 1.43 bits per heavy atom. The van der Waals surface area contributed by atoms with Gasteiger partial charge in [-0.25, -0.2) is 0 Å². The molecule has 0 aromatic heterocycles. The van der Waals surface area contributed by atoms with E-state index in [1.54, 1.807) is 25.3 Å². The van der Waals surface area contributed by atoms with E-state index in [1.165, 1.54) is 24.3 Å². The second kappa shape index (κ2) is 27.5. The fraction of sp³-hybridized carbons (Fsp3) is 0.618. The summed E-state index contributed by atoms with van der Waals surface area (Å²) in [6, 6.07) is 5.07. The average molecular weight is 1070 g/mol. The molecule has 31 nitrogen and oxygen atoms in total. The largest absolute Gasteiger partial charge is 0.481 e. The summed E-state index contributed by atoms with van der Waals surface area (Å²) in [6.07, 6.45) is 0.308. The van der Waals surface area contributed by atoms with Gasteiger partial charge in [0.1, 0.15) is 0 Å². The van der Waals surface area contributed by atoms with Gasteiger partial charge >= 0.3 is 54.3 Å². The van der Waals surface area contributed by atoms with Crippen molar-refractivity contribution in [1.29, 1.82) is 0 Å². The third kappa shape index (κ3) is 24.1. The lowest BCUT2D eigenvalue weighted by Gasteiger charge is -2.37. The Kier molecular flexibility index (Phi) is 24.3. The minimum Gasteiger partial charge on any atom is -0.481 e. The summed E-state index contributed by atoms with van der Waals surface area (Å²) in [7, 11) is -22.0. The lowest BCUT2D eigenvalue weighted by Crippen LogP contribution is -2.51. The molecule has 3 amide bonds. The van der Waals surface area contributed by atoms with Crippen molar-refractivity contribution >= 4 is 77.7 Å². The lowest BCUT2D eigenvalue weighted by molar-refractivity contribution is -0.141. The van der Waals surface area contributed by atoms with Crippen LogP contribution in [-0.4, -0.2) is 211 Å². The van der Waals surface area contributed by atoms with Gasteiger partial charge in [0.2, 0.25) is 28.8 Å². The van der Waals surface area contributed by atoms with E-state index in [0.29, 0.717) is 5.56 Å². The van der Waals surface area contributed by atoms with Crippen LogP contribution in [0.15, 0.2) is 24.3 Å². The summed E-state index contributed by atoms with van der Waals surface area (Å²) in [5, 5.41) is 49.0. The minimum absolute atomic E-state index is 0.00530. The van der Waals surface area contributed by atoms with Crippen molar-refractivity contribution in [3.63, 3.8) is 0 Å². The number of benzene rings is 1. The number of nitrogens with zero attached hydrogens (tertiary/aromatic N) is 3. The maximum Gasteiger partial charge on any atom is 0.354 e. The van der Waals surface area contributed by atoms with Crippen LogP contribution in [0.2, 0.25) is 0 Å². The van der Waals surface area contributed by atoms with E-state index in [4.69, 9.17) is 0 Å². The first kappa shape index (κ1) is 61.0. The zero-order chi connectivity index (χ0) is 52.5. The molecule has 2 rings (SSSR count). The molecule has 0 saturated carbocycles. The number of carboxylic acid groups (broad SMARTS) is 4. The molecular weight excluding hydrogens is 1010 g/mol. The van der Waals surface area contributed by atoms with Gasteiger partial charge in [-0.2, -0.15) is 0 Å². The Balaban J connectivity index is 2.40. The van der Waals surface area contributed by atoms with Crippen LogP contribution in [0.3, 0.4) is 0 Å². The molecule has 2 atom stereocenters. The van der Waals surface area contributed by atoms with Gasteiger partial charge in [0.05, 0.1) is 38.6 Å². The van der Waals surface area contributed by atoms with Crippen molar-refractivity contribution in [2.24, 2.45) is 11.8 Å².